The minimum Gasteiger partial charge on any atom is -0.408 e. The van der Waals surface area contributed by atoms with Crippen LogP contribution in [0, 0.1) is 11.3 Å². The third kappa shape index (κ3) is 4.20. The molecule has 33 heavy (non-hydrogen) atoms. The summed E-state index contributed by atoms with van der Waals surface area (Å²) in [7, 11) is 1.70. The van der Waals surface area contributed by atoms with Gasteiger partial charge in [-0.3, -0.25) is 14.3 Å². The molecule has 0 aliphatic carbocycles. The minimum atomic E-state index is -0.676. The molecule has 0 saturated carbocycles. The topological polar surface area (TPSA) is 114 Å². The van der Waals surface area contributed by atoms with Gasteiger partial charge in [-0.25, -0.2) is 4.79 Å². The summed E-state index contributed by atoms with van der Waals surface area (Å²) >= 11 is 3.36. The maximum absolute atomic E-state index is 11.8. The zero-order valence-corrected chi connectivity index (χ0v) is 19.6. The first-order chi connectivity index (χ1) is 15.9. The van der Waals surface area contributed by atoms with E-state index in [4.69, 9.17) is 14.9 Å². The van der Waals surface area contributed by atoms with Crippen molar-refractivity contribution in [1.82, 2.24) is 9.47 Å². The van der Waals surface area contributed by atoms with Crippen LogP contribution in [0.3, 0.4) is 0 Å². The molecular weight excluding hydrogens is 460 g/mol. The largest absolute Gasteiger partial charge is 0.419 e. The number of nitrogens with two attached hydrogens (primary N) is 1. The molecule has 1 aliphatic rings. The Bertz CT molecular complexity index is 1410. The first-order valence-corrected chi connectivity index (χ1v) is 12.2. The van der Waals surface area contributed by atoms with Crippen LogP contribution in [0.4, 0.5) is 0 Å². The number of oxazole rings is 1. The Labute approximate surface area is 197 Å². The van der Waals surface area contributed by atoms with E-state index in [1.165, 1.54) is 4.57 Å². The average molecular weight is 483 g/mol. The van der Waals surface area contributed by atoms with Gasteiger partial charge in [0.2, 0.25) is 5.91 Å². The Hall–Kier alpha value is -2.97. The summed E-state index contributed by atoms with van der Waals surface area (Å²) in [4.78, 5) is 27.6. The molecule has 1 amide bonds. The molecule has 4 aromatic rings. The van der Waals surface area contributed by atoms with Crippen LogP contribution in [-0.4, -0.2) is 47.2 Å². The highest BCUT2D eigenvalue weighted by molar-refractivity contribution is 7.29. The quantitative estimate of drug-likeness (QED) is 0.468. The van der Waals surface area contributed by atoms with Crippen LogP contribution in [-0.2, 0) is 23.0 Å². The smallest absolute Gasteiger partial charge is 0.408 e. The molecule has 8 nitrogen and oxygen atoms in total. The van der Waals surface area contributed by atoms with Crippen LogP contribution < -0.4 is 11.5 Å². The summed E-state index contributed by atoms with van der Waals surface area (Å²) in [6.45, 7) is 1.51. The zero-order chi connectivity index (χ0) is 23.1. The molecule has 2 atom stereocenters. The molecule has 1 unspecified atom stereocenters. The highest BCUT2D eigenvalue weighted by Crippen LogP contribution is 2.39. The second-order valence-corrected chi connectivity index (χ2v) is 10.4. The fourth-order valence-corrected chi connectivity index (χ4v) is 6.62. The SMILES string of the molecule is Cn1c(=O)oc2ccc(-c3cc4sc(C[C@@H](C#N)N5CCCOC(C(N)=O)C5)cc4s3)cc21. The van der Waals surface area contributed by atoms with Gasteiger partial charge in [-0.2, -0.15) is 5.26 Å². The molecular formula is C23H22N4O4S2. The van der Waals surface area contributed by atoms with Crippen molar-refractivity contribution in [2.45, 2.75) is 25.0 Å². The number of benzene rings is 1. The van der Waals surface area contributed by atoms with Gasteiger partial charge in [0.25, 0.3) is 0 Å². The minimum absolute atomic E-state index is 0.342. The van der Waals surface area contributed by atoms with E-state index >= 15 is 0 Å². The molecule has 3 aromatic heterocycles. The van der Waals surface area contributed by atoms with E-state index < -0.39 is 12.0 Å². The molecule has 0 radical (unpaired) electrons. The maximum atomic E-state index is 11.8. The van der Waals surface area contributed by atoms with Crippen LogP contribution in [0.2, 0.25) is 0 Å². The molecule has 1 aliphatic heterocycles. The second kappa shape index (κ2) is 8.76. The first kappa shape index (κ1) is 21.9. The third-order valence-electron chi connectivity index (χ3n) is 5.94. The second-order valence-electron chi connectivity index (χ2n) is 8.12. The number of rotatable bonds is 5. The Kier molecular flexibility index (Phi) is 5.80. The van der Waals surface area contributed by atoms with E-state index in [0.29, 0.717) is 31.7 Å². The molecule has 1 aromatic carbocycles. The molecule has 170 valence electrons. The van der Waals surface area contributed by atoms with Crippen molar-refractivity contribution in [1.29, 1.82) is 5.26 Å². The average Bonchev–Trinajstić information content (AvgIpc) is 3.36. The number of carbonyl (C=O) groups is 1. The summed E-state index contributed by atoms with van der Waals surface area (Å²) in [6.07, 6.45) is 0.675. The van der Waals surface area contributed by atoms with Crippen molar-refractivity contribution in [3.63, 3.8) is 0 Å². The van der Waals surface area contributed by atoms with Crippen molar-refractivity contribution in [2.75, 3.05) is 19.7 Å². The van der Waals surface area contributed by atoms with Crippen molar-refractivity contribution < 1.29 is 13.9 Å². The first-order valence-electron chi connectivity index (χ1n) is 10.6. The number of nitrogens with zero attached hydrogens (tertiary/aromatic N) is 3. The Balaban J connectivity index is 1.37. The van der Waals surface area contributed by atoms with E-state index in [1.807, 2.05) is 23.1 Å². The monoisotopic (exact) mass is 482 g/mol. The summed E-state index contributed by atoms with van der Waals surface area (Å²) in [5, 5.41) is 9.81. The predicted octanol–water partition coefficient (Wildman–Crippen LogP) is 3.09. The predicted molar refractivity (Wildman–Crippen MR) is 128 cm³/mol. The fraction of sp³-hybridized carbons (Fsp3) is 0.348. The summed E-state index contributed by atoms with van der Waals surface area (Å²) in [5.74, 6) is -0.861. The van der Waals surface area contributed by atoms with Crippen molar-refractivity contribution in [3.05, 3.63) is 45.8 Å². The maximum Gasteiger partial charge on any atom is 0.419 e. The van der Waals surface area contributed by atoms with E-state index in [-0.39, 0.29) is 11.8 Å². The lowest BCUT2D eigenvalue weighted by atomic mass is 10.1. The molecule has 5 rings (SSSR count). The van der Waals surface area contributed by atoms with Gasteiger partial charge >= 0.3 is 5.76 Å². The van der Waals surface area contributed by atoms with Crippen LogP contribution in [0.15, 0.2) is 39.5 Å². The van der Waals surface area contributed by atoms with Gasteiger partial charge in [0.15, 0.2) is 5.58 Å². The third-order valence-corrected chi connectivity index (χ3v) is 8.31. The normalized spacial score (nSPS) is 18.4. The number of amides is 1. The number of aromatic nitrogens is 1. The number of primary amides is 1. The van der Waals surface area contributed by atoms with Gasteiger partial charge in [0.1, 0.15) is 12.1 Å². The van der Waals surface area contributed by atoms with Crippen LogP contribution in [0.5, 0.6) is 0 Å². The molecule has 1 saturated heterocycles. The van der Waals surface area contributed by atoms with Gasteiger partial charge in [-0.1, -0.05) is 0 Å². The lowest BCUT2D eigenvalue weighted by molar-refractivity contribution is -0.129. The Morgan fingerprint density at radius 2 is 2.12 bits per heavy atom. The number of hydrogen-bond donors (Lipinski definition) is 1. The number of fused-ring (bicyclic) bond motifs is 2. The van der Waals surface area contributed by atoms with E-state index in [9.17, 15) is 14.9 Å². The van der Waals surface area contributed by atoms with Crippen LogP contribution in [0.25, 0.3) is 30.9 Å². The molecule has 4 heterocycles. The Morgan fingerprint density at radius 1 is 1.30 bits per heavy atom. The zero-order valence-electron chi connectivity index (χ0n) is 17.9. The van der Waals surface area contributed by atoms with Gasteiger partial charge in [-0.15, -0.1) is 22.7 Å². The number of carbonyl (C=O) groups excluding carboxylic acids is 1. The van der Waals surface area contributed by atoms with Gasteiger partial charge in [0.05, 0.1) is 11.6 Å². The number of ether oxygens (including phenoxy) is 1. The number of nitriles is 1. The van der Waals surface area contributed by atoms with Gasteiger partial charge < -0.3 is 14.9 Å². The standard InChI is InChI=1S/C23H22N4O4S2/c1-26-16-7-13(3-4-17(16)31-23(26)29)19-10-21-20(33-19)9-15(32-21)8-14(11-24)27-5-2-6-30-18(12-27)22(25)28/h3-4,7,9-10,14,18H,2,5-6,8,12H2,1H3,(H2,25,28)/t14-,18?/m0/s1. The molecule has 2 N–H and O–H groups in total. The van der Waals surface area contributed by atoms with Gasteiger partial charge in [-0.05, 0) is 42.3 Å². The summed E-state index contributed by atoms with van der Waals surface area (Å²) < 4.78 is 14.6. The molecule has 0 spiro atoms. The van der Waals surface area contributed by atoms with Gasteiger partial charge in [0, 0.05) is 52.3 Å². The number of aryl methyl sites for hydroxylation is 1. The lowest BCUT2D eigenvalue weighted by Gasteiger charge is -2.26. The van der Waals surface area contributed by atoms with E-state index in [1.54, 1.807) is 29.7 Å². The van der Waals surface area contributed by atoms with Crippen molar-refractivity contribution in [3.8, 4) is 16.5 Å². The van der Waals surface area contributed by atoms with Crippen molar-refractivity contribution >= 4 is 49.1 Å². The van der Waals surface area contributed by atoms with Crippen LogP contribution in [0.1, 0.15) is 11.3 Å². The molecule has 0 bridgehead atoms. The fourth-order valence-electron chi connectivity index (χ4n) is 4.16. The lowest BCUT2D eigenvalue weighted by Crippen LogP contribution is -2.44. The molecule has 10 heteroatoms. The van der Waals surface area contributed by atoms with Crippen LogP contribution >= 0.6 is 22.7 Å². The highest BCUT2D eigenvalue weighted by Gasteiger charge is 2.28. The Morgan fingerprint density at radius 3 is 2.88 bits per heavy atom. The summed E-state index contributed by atoms with van der Waals surface area (Å²) in [6, 6.07) is 12.1. The molecule has 1 fully saturated rings. The van der Waals surface area contributed by atoms with E-state index in [0.717, 1.165) is 36.7 Å². The van der Waals surface area contributed by atoms with Crippen molar-refractivity contribution in [2.24, 2.45) is 12.8 Å². The summed E-state index contributed by atoms with van der Waals surface area (Å²) in [5.41, 5.74) is 7.82. The number of hydrogen-bond acceptors (Lipinski definition) is 8. The highest BCUT2D eigenvalue weighted by atomic mass is 32.1. The van der Waals surface area contributed by atoms with E-state index in [2.05, 4.69) is 18.2 Å². The number of thiophene rings is 2.